The monoisotopic (exact) mass is 377 g/mol. The number of nitrogens with one attached hydrogen (secondary N) is 2. The number of rotatable bonds is 5. The third-order valence-corrected chi connectivity index (χ3v) is 5.10. The van der Waals surface area contributed by atoms with Gasteiger partial charge in [0.05, 0.1) is 16.9 Å². The van der Waals surface area contributed by atoms with Crippen LogP contribution in [0, 0.1) is 5.82 Å². The van der Waals surface area contributed by atoms with Crippen LogP contribution in [-0.4, -0.2) is 13.4 Å². The van der Waals surface area contributed by atoms with Crippen LogP contribution in [0.2, 0.25) is 5.02 Å². The third kappa shape index (κ3) is 4.26. The third-order valence-electron chi connectivity index (χ3n) is 3.24. The summed E-state index contributed by atoms with van der Waals surface area (Å²) in [6, 6.07) is 15.2. The van der Waals surface area contributed by atoms with Gasteiger partial charge in [-0.15, -0.1) is 0 Å². The number of aromatic nitrogens is 1. The predicted molar refractivity (Wildman–Crippen MR) is 96.2 cm³/mol. The molecule has 0 fully saturated rings. The van der Waals surface area contributed by atoms with Crippen LogP contribution in [0.3, 0.4) is 0 Å². The molecule has 8 heteroatoms. The minimum Gasteiger partial charge on any atom is -0.354 e. The van der Waals surface area contributed by atoms with E-state index in [2.05, 4.69) is 15.0 Å². The van der Waals surface area contributed by atoms with Crippen molar-refractivity contribution >= 4 is 38.8 Å². The highest BCUT2D eigenvalue weighted by Gasteiger charge is 2.17. The van der Waals surface area contributed by atoms with Crippen molar-refractivity contribution in [1.82, 2.24) is 4.98 Å². The fraction of sp³-hybridized carbons (Fsp3) is 0. The molecular formula is C17H13ClFN3O2S. The van der Waals surface area contributed by atoms with E-state index in [9.17, 15) is 12.8 Å². The zero-order chi connectivity index (χ0) is 17.9. The Morgan fingerprint density at radius 2 is 1.76 bits per heavy atom. The lowest BCUT2D eigenvalue weighted by Crippen LogP contribution is -2.14. The Hall–Kier alpha value is -2.64. The fourth-order valence-electron chi connectivity index (χ4n) is 2.12. The summed E-state index contributed by atoms with van der Waals surface area (Å²) in [5, 5.41) is 3.10. The highest BCUT2D eigenvalue weighted by atomic mass is 35.5. The van der Waals surface area contributed by atoms with Gasteiger partial charge in [-0.1, -0.05) is 29.8 Å². The van der Waals surface area contributed by atoms with E-state index in [0.29, 0.717) is 11.4 Å². The number of hydrogen-bond acceptors (Lipinski definition) is 4. The molecule has 5 nitrogen and oxygen atoms in total. The highest BCUT2D eigenvalue weighted by molar-refractivity contribution is 7.92. The van der Waals surface area contributed by atoms with Gasteiger partial charge >= 0.3 is 0 Å². The van der Waals surface area contributed by atoms with Crippen LogP contribution in [-0.2, 0) is 10.0 Å². The summed E-state index contributed by atoms with van der Waals surface area (Å²) in [6.07, 6.45) is 1.44. The van der Waals surface area contributed by atoms with Crippen LogP contribution >= 0.6 is 11.6 Å². The fourth-order valence-corrected chi connectivity index (χ4v) is 3.65. The quantitative estimate of drug-likeness (QED) is 0.690. The molecule has 0 bridgehead atoms. The molecule has 128 valence electrons. The zero-order valence-corrected chi connectivity index (χ0v) is 14.4. The topological polar surface area (TPSA) is 71.1 Å². The van der Waals surface area contributed by atoms with Gasteiger partial charge < -0.3 is 5.32 Å². The normalized spacial score (nSPS) is 11.1. The zero-order valence-electron chi connectivity index (χ0n) is 12.8. The van der Waals surface area contributed by atoms with E-state index < -0.39 is 10.0 Å². The number of anilines is 3. The molecule has 2 aromatic carbocycles. The van der Waals surface area contributed by atoms with Crippen LogP contribution in [0.15, 0.2) is 71.8 Å². The molecule has 0 unspecified atom stereocenters. The molecule has 3 aromatic rings. The molecule has 25 heavy (non-hydrogen) atoms. The van der Waals surface area contributed by atoms with Gasteiger partial charge in [0, 0.05) is 5.69 Å². The predicted octanol–water partition coefficient (Wildman–Crippen LogP) is 4.42. The van der Waals surface area contributed by atoms with E-state index in [0.717, 1.165) is 0 Å². The summed E-state index contributed by atoms with van der Waals surface area (Å²) in [7, 11) is -3.84. The summed E-state index contributed by atoms with van der Waals surface area (Å²) >= 11 is 5.92. The Bertz CT molecular complexity index is 995. The van der Waals surface area contributed by atoms with E-state index in [1.54, 1.807) is 30.3 Å². The first-order valence-corrected chi connectivity index (χ1v) is 9.06. The van der Waals surface area contributed by atoms with Gasteiger partial charge in [0.25, 0.3) is 10.0 Å². The maximum atomic E-state index is 13.2. The Kier molecular flexibility index (Phi) is 4.87. The van der Waals surface area contributed by atoms with Crippen molar-refractivity contribution in [1.29, 1.82) is 0 Å². The van der Waals surface area contributed by atoms with Gasteiger partial charge in [0.1, 0.15) is 16.5 Å². The van der Waals surface area contributed by atoms with Crippen molar-refractivity contribution in [3.63, 3.8) is 0 Å². The van der Waals surface area contributed by atoms with Crippen molar-refractivity contribution < 1.29 is 12.8 Å². The van der Waals surface area contributed by atoms with E-state index in [4.69, 9.17) is 11.6 Å². The molecule has 0 spiro atoms. The first kappa shape index (κ1) is 17.2. The van der Waals surface area contributed by atoms with Gasteiger partial charge in [0.2, 0.25) is 0 Å². The van der Waals surface area contributed by atoms with Gasteiger partial charge in [-0.2, -0.15) is 0 Å². The van der Waals surface area contributed by atoms with Gasteiger partial charge in [-0.05, 0) is 42.5 Å². The van der Waals surface area contributed by atoms with E-state index in [1.807, 2.05) is 0 Å². The standard InChI is InChI=1S/C17H13ClFN3O2S/c18-15-6-1-2-7-16(15)25(23,24)22-17-9-8-14(11-20-17)21-13-5-3-4-12(19)10-13/h1-11,21H,(H,20,22). The molecule has 0 atom stereocenters. The molecule has 0 saturated heterocycles. The second kappa shape index (κ2) is 7.08. The number of pyridine rings is 1. The lowest BCUT2D eigenvalue weighted by Gasteiger charge is -2.10. The minimum atomic E-state index is -3.84. The second-order valence-electron chi connectivity index (χ2n) is 5.10. The molecule has 1 heterocycles. The van der Waals surface area contributed by atoms with Crippen molar-refractivity contribution in [3.05, 3.63) is 77.7 Å². The highest BCUT2D eigenvalue weighted by Crippen LogP contribution is 2.23. The van der Waals surface area contributed by atoms with Crippen molar-refractivity contribution in [2.45, 2.75) is 4.90 Å². The Balaban J connectivity index is 1.75. The molecule has 0 aliphatic carbocycles. The molecule has 0 saturated carbocycles. The second-order valence-corrected chi connectivity index (χ2v) is 7.16. The number of halogens is 2. The average molecular weight is 378 g/mol. The van der Waals surface area contributed by atoms with Crippen LogP contribution in [0.25, 0.3) is 0 Å². The summed E-state index contributed by atoms with van der Waals surface area (Å²) in [4.78, 5) is 4.02. The Labute approximate surface area is 149 Å². The van der Waals surface area contributed by atoms with Crippen LogP contribution < -0.4 is 10.0 Å². The lowest BCUT2D eigenvalue weighted by molar-refractivity contribution is 0.601. The number of nitrogens with zero attached hydrogens (tertiary/aromatic N) is 1. The average Bonchev–Trinajstić information content (AvgIpc) is 2.57. The molecule has 0 aliphatic rings. The minimum absolute atomic E-state index is 0.0274. The van der Waals surface area contributed by atoms with Gasteiger partial charge in [0.15, 0.2) is 0 Å². The molecular weight excluding hydrogens is 365 g/mol. The van der Waals surface area contributed by atoms with Crippen molar-refractivity contribution in [3.8, 4) is 0 Å². The molecule has 0 aliphatic heterocycles. The van der Waals surface area contributed by atoms with E-state index in [-0.39, 0.29) is 21.6 Å². The van der Waals surface area contributed by atoms with Crippen molar-refractivity contribution in [2.75, 3.05) is 10.0 Å². The Morgan fingerprint density at radius 3 is 2.44 bits per heavy atom. The van der Waals surface area contributed by atoms with Crippen LogP contribution in [0.5, 0.6) is 0 Å². The number of sulfonamides is 1. The maximum absolute atomic E-state index is 13.2. The van der Waals surface area contributed by atoms with E-state index in [1.165, 1.54) is 36.5 Å². The molecule has 0 amide bonds. The van der Waals surface area contributed by atoms with Crippen LogP contribution in [0.4, 0.5) is 21.6 Å². The summed E-state index contributed by atoms with van der Waals surface area (Å²) in [6.45, 7) is 0. The largest absolute Gasteiger partial charge is 0.354 e. The summed E-state index contributed by atoms with van der Waals surface area (Å²) in [5.41, 5.74) is 1.15. The molecule has 3 rings (SSSR count). The summed E-state index contributed by atoms with van der Waals surface area (Å²) < 4.78 is 40.2. The SMILES string of the molecule is O=S(=O)(Nc1ccc(Nc2cccc(F)c2)cn1)c1ccccc1Cl. The van der Waals surface area contributed by atoms with Crippen molar-refractivity contribution in [2.24, 2.45) is 0 Å². The molecule has 0 radical (unpaired) electrons. The first-order valence-electron chi connectivity index (χ1n) is 7.20. The Morgan fingerprint density at radius 1 is 0.960 bits per heavy atom. The van der Waals surface area contributed by atoms with E-state index >= 15 is 0 Å². The number of benzene rings is 2. The van der Waals surface area contributed by atoms with Crippen LogP contribution in [0.1, 0.15) is 0 Å². The first-order chi connectivity index (χ1) is 11.9. The maximum Gasteiger partial charge on any atom is 0.264 e. The molecule has 2 N–H and O–H groups in total. The summed E-state index contributed by atoms with van der Waals surface area (Å²) in [5.74, 6) is -0.216. The molecule has 1 aromatic heterocycles. The lowest BCUT2D eigenvalue weighted by atomic mass is 10.3. The number of hydrogen-bond donors (Lipinski definition) is 2. The van der Waals surface area contributed by atoms with Gasteiger partial charge in [-0.3, -0.25) is 4.72 Å². The smallest absolute Gasteiger partial charge is 0.264 e. The van der Waals surface area contributed by atoms with Gasteiger partial charge in [-0.25, -0.2) is 17.8 Å².